The zero-order chi connectivity index (χ0) is 13.2. The van der Waals surface area contributed by atoms with Crippen LogP contribution in [0.4, 0.5) is 11.4 Å². The van der Waals surface area contributed by atoms with Gasteiger partial charge in [0, 0.05) is 5.69 Å². The number of nitrogens with one attached hydrogen (secondary N) is 1. The summed E-state index contributed by atoms with van der Waals surface area (Å²) in [6.07, 6.45) is 5.41. The predicted octanol–water partition coefficient (Wildman–Crippen LogP) is 2.95. The number of aromatic nitrogens is 1. The van der Waals surface area contributed by atoms with Crippen LogP contribution in [0.2, 0.25) is 0 Å². The monoisotopic (exact) mass is 269 g/mol. The summed E-state index contributed by atoms with van der Waals surface area (Å²) < 4.78 is 0. The summed E-state index contributed by atoms with van der Waals surface area (Å²) in [5, 5.41) is 3.35. The highest BCUT2D eigenvalue weighted by molar-refractivity contribution is 7.80. The third kappa shape index (κ3) is 2.58. The van der Waals surface area contributed by atoms with Gasteiger partial charge in [-0.1, -0.05) is 18.3 Å². The normalized spacial score (nSPS) is 13.1. The molecule has 0 radical (unpaired) electrons. The summed E-state index contributed by atoms with van der Waals surface area (Å²) in [6, 6.07) is 10.3. The van der Waals surface area contributed by atoms with Gasteiger partial charge in [-0.15, -0.1) is 0 Å². The number of nitrogens with zero attached hydrogens (tertiary/aromatic N) is 1. The fraction of sp³-hybridized carbons (Fsp3) is 0.200. The maximum absolute atomic E-state index is 5.53. The molecule has 96 valence electrons. The van der Waals surface area contributed by atoms with Crippen LogP contribution in [0.3, 0.4) is 0 Å². The van der Waals surface area contributed by atoms with E-state index in [0.717, 1.165) is 11.4 Å². The highest BCUT2D eigenvalue weighted by atomic mass is 32.1. The van der Waals surface area contributed by atoms with Gasteiger partial charge in [-0.25, -0.2) is 0 Å². The topological polar surface area (TPSA) is 50.9 Å². The molecule has 0 bridgehead atoms. The third-order valence-corrected chi connectivity index (χ3v) is 3.61. The van der Waals surface area contributed by atoms with Crippen molar-refractivity contribution in [3.63, 3.8) is 0 Å². The van der Waals surface area contributed by atoms with E-state index in [1.54, 1.807) is 6.20 Å². The minimum Gasteiger partial charge on any atom is -0.388 e. The molecule has 0 spiro atoms. The Bertz CT molecular complexity index is 620. The highest BCUT2D eigenvalue weighted by Gasteiger charge is 2.10. The number of rotatable bonds is 3. The largest absolute Gasteiger partial charge is 0.388 e. The molecule has 1 aromatic carbocycles. The van der Waals surface area contributed by atoms with Crippen LogP contribution in [0, 0.1) is 0 Å². The standard InChI is InChI=1S/C15H15N3S/c16-15(19)14-7-6-13(9-17-14)18-12-5-4-10-2-1-3-11(10)8-12/h4-9,18H,1-3H2,(H2,16,19). The van der Waals surface area contributed by atoms with Crippen LogP contribution < -0.4 is 11.1 Å². The van der Waals surface area contributed by atoms with Gasteiger partial charge in [0.1, 0.15) is 4.99 Å². The van der Waals surface area contributed by atoms with E-state index in [4.69, 9.17) is 18.0 Å². The summed E-state index contributed by atoms with van der Waals surface area (Å²) in [5.41, 5.74) is 11.2. The molecule has 1 heterocycles. The van der Waals surface area contributed by atoms with E-state index in [0.29, 0.717) is 10.7 Å². The lowest BCUT2D eigenvalue weighted by atomic mass is 10.1. The molecule has 4 heteroatoms. The second-order valence-electron chi connectivity index (χ2n) is 4.76. The SMILES string of the molecule is NC(=S)c1ccc(Nc2ccc3c(c2)CCC3)cn1. The van der Waals surface area contributed by atoms with E-state index in [1.165, 1.54) is 30.4 Å². The lowest BCUT2D eigenvalue weighted by Crippen LogP contribution is -2.11. The number of hydrogen-bond acceptors (Lipinski definition) is 3. The molecule has 1 aliphatic carbocycles. The van der Waals surface area contributed by atoms with Crippen molar-refractivity contribution in [3.8, 4) is 0 Å². The Labute approximate surface area is 117 Å². The average molecular weight is 269 g/mol. The summed E-state index contributed by atoms with van der Waals surface area (Å²) in [7, 11) is 0. The van der Waals surface area contributed by atoms with Gasteiger partial charge in [0.25, 0.3) is 0 Å². The maximum Gasteiger partial charge on any atom is 0.122 e. The minimum atomic E-state index is 0.323. The lowest BCUT2D eigenvalue weighted by molar-refractivity contribution is 0.912. The molecule has 1 aromatic heterocycles. The lowest BCUT2D eigenvalue weighted by Gasteiger charge is -2.08. The van der Waals surface area contributed by atoms with E-state index in [9.17, 15) is 0 Å². The van der Waals surface area contributed by atoms with Crippen molar-refractivity contribution in [1.29, 1.82) is 0 Å². The van der Waals surface area contributed by atoms with Gasteiger partial charge >= 0.3 is 0 Å². The van der Waals surface area contributed by atoms with Gasteiger partial charge in [0.05, 0.1) is 17.6 Å². The molecule has 2 aromatic rings. The fourth-order valence-electron chi connectivity index (χ4n) is 2.43. The van der Waals surface area contributed by atoms with Gasteiger partial charge < -0.3 is 11.1 Å². The second-order valence-corrected chi connectivity index (χ2v) is 5.20. The minimum absolute atomic E-state index is 0.323. The molecule has 0 unspecified atom stereocenters. The van der Waals surface area contributed by atoms with Crippen molar-refractivity contribution < 1.29 is 0 Å². The molecule has 3 N–H and O–H groups in total. The quantitative estimate of drug-likeness (QED) is 0.841. The first-order chi connectivity index (χ1) is 9.22. The molecule has 3 nitrogen and oxygen atoms in total. The molecule has 0 saturated heterocycles. The van der Waals surface area contributed by atoms with Crippen molar-refractivity contribution in [2.24, 2.45) is 5.73 Å². The van der Waals surface area contributed by atoms with E-state index < -0.39 is 0 Å². The molecule has 19 heavy (non-hydrogen) atoms. The molecule has 1 aliphatic rings. The van der Waals surface area contributed by atoms with Gasteiger partial charge in [-0.2, -0.15) is 0 Å². The summed E-state index contributed by atoms with van der Waals surface area (Å²) in [6.45, 7) is 0. The van der Waals surface area contributed by atoms with Crippen molar-refractivity contribution >= 4 is 28.6 Å². The van der Waals surface area contributed by atoms with Crippen molar-refractivity contribution in [2.75, 3.05) is 5.32 Å². The molecule has 0 aliphatic heterocycles. The van der Waals surface area contributed by atoms with Crippen molar-refractivity contribution in [1.82, 2.24) is 4.98 Å². The number of thiocarbonyl (C=S) groups is 1. The molecular formula is C15H15N3S. The van der Waals surface area contributed by atoms with E-state index in [-0.39, 0.29) is 0 Å². The van der Waals surface area contributed by atoms with E-state index >= 15 is 0 Å². The molecule has 0 fully saturated rings. The third-order valence-electron chi connectivity index (χ3n) is 3.40. The number of anilines is 2. The maximum atomic E-state index is 5.53. The fourth-order valence-corrected chi connectivity index (χ4v) is 2.55. The zero-order valence-corrected chi connectivity index (χ0v) is 11.3. The Hall–Kier alpha value is -1.94. The number of fused-ring (bicyclic) bond motifs is 1. The predicted molar refractivity (Wildman–Crippen MR) is 81.9 cm³/mol. The molecular weight excluding hydrogens is 254 g/mol. The number of pyridine rings is 1. The first-order valence-electron chi connectivity index (χ1n) is 6.37. The Balaban J connectivity index is 1.79. The zero-order valence-electron chi connectivity index (χ0n) is 10.5. The molecule has 0 atom stereocenters. The van der Waals surface area contributed by atoms with E-state index in [2.05, 4.69) is 28.5 Å². The van der Waals surface area contributed by atoms with Crippen LogP contribution >= 0.6 is 12.2 Å². The van der Waals surface area contributed by atoms with Crippen LogP contribution in [-0.2, 0) is 12.8 Å². The number of hydrogen-bond donors (Lipinski definition) is 2. The number of aryl methyl sites for hydroxylation is 2. The van der Waals surface area contributed by atoms with Crippen LogP contribution in [0.1, 0.15) is 23.2 Å². The van der Waals surface area contributed by atoms with Gasteiger partial charge in [-0.05, 0) is 54.7 Å². The smallest absolute Gasteiger partial charge is 0.122 e. The number of nitrogens with two attached hydrogens (primary N) is 1. The van der Waals surface area contributed by atoms with Gasteiger partial charge in [-0.3, -0.25) is 4.98 Å². The number of benzene rings is 1. The molecule has 0 amide bonds. The van der Waals surface area contributed by atoms with Crippen LogP contribution in [0.25, 0.3) is 0 Å². The van der Waals surface area contributed by atoms with Crippen molar-refractivity contribution in [2.45, 2.75) is 19.3 Å². The Morgan fingerprint density at radius 1 is 1.11 bits per heavy atom. The molecule has 3 rings (SSSR count). The van der Waals surface area contributed by atoms with Crippen LogP contribution in [0.5, 0.6) is 0 Å². The Morgan fingerprint density at radius 2 is 1.89 bits per heavy atom. The summed E-state index contributed by atoms with van der Waals surface area (Å²) >= 11 is 4.88. The summed E-state index contributed by atoms with van der Waals surface area (Å²) in [4.78, 5) is 4.54. The first-order valence-corrected chi connectivity index (χ1v) is 6.78. The summed E-state index contributed by atoms with van der Waals surface area (Å²) in [5.74, 6) is 0. The van der Waals surface area contributed by atoms with Gasteiger partial charge in [0.15, 0.2) is 0 Å². The second kappa shape index (κ2) is 4.97. The Kier molecular flexibility index (Phi) is 3.17. The highest BCUT2D eigenvalue weighted by Crippen LogP contribution is 2.26. The van der Waals surface area contributed by atoms with Crippen LogP contribution in [0.15, 0.2) is 36.5 Å². The first kappa shape index (κ1) is 12.1. The Morgan fingerprint density at radius 3 is 2.63 bits per heavy atom. The van der Waals surface area contributed by atoms with Crippen LogP contribution in [-0.4, -0.2) is 9.97 Å². The average Bonchev–Trinajstić information content (AvgIpc) is 2.87. The van der Waals surface area contributed by atoms with Gasteiger partial charge in [0.2, 0.25) is 0 Å². The van der Waals surface area contributed by atoms with Crippen molar-refractivity contribution in [3.05, 3.63) is 53.3 Å². The van der Waals surface area contributed by atoms with E-state index in [1.807, 2.05) is 12.1 Å². The molecule has 0 saturated carbocycles.